The van der Waals surface area contributed by atoms with E-state index in [9.17, 15) is 9.59 Å². The van der Waals surface area contributed by atoms with Crippen LogP contribution in [0.2, 0.25) is 0 Å². The van der Waals surface area contributed by atoms with E-state index in [2.05, 4.69) is 10.6 Å². The van der Waals surface area contributed by atoms with Crippen LogP contribution in [0, 0.1) is 0 Å². The Hall–Kier alpha value is -1.44. The van der Waals surface area contributed by atoms with E-state index < -0.39 is 6.03 Å². The number of ether oxygens (including phenoxy) is 1. The highest BCUT2D eigenvalue weighted by Gasteiger charge is 2.19. The van der Waals surface area contributed by atoms with Gasteiger partial charge in [-0.3, -0.25) is 15.0 Å². The van der Waals surface area contributed by atoms with Gasteiger partial charge in [-0.2, -0.15) is 0 Å². The number of carbonyl (C=O) groups is 2. The number of nitrogens with zero attached hydrogens (tertiary/aromatic N) is 1. The van der Waals surface area contributed by atoms with Crippen molar-refractivity contribution < 1.29 is 14.3 Å². The highest BCUT2D eigenvalue weighted by atomic mass is 32.1. The first-order valence-electron chi connectivity index (χ1n) is 6.57. The lowest BCUT2D eigenvalue weighted by Crippen LogP contribution is -2.48. The van der Waals surface area contributed by atoms with Crippen molar-refractivity contribution in [3.8, 4) is 0 Å². The number of amides is 3. The van der Waals surface area contributed by atoms with E-state index in [1.165, 1.54) is 0 Å². The summed E-state index contributed by atoms with van der Waals surface area (Å²) >= 11 is 1.56. The van der Waals surface area contributed by atoms with Gasteiger partial charge >= 0.3 is 6.03 Å². The molecule has 0 aliphatic carbocycles. The molecule has 0 aromatic carbocycles. The molecule has 0 radical (unpaired) electrons. The number of imide groups is 1. The maximum atomic E-state index is 11.7. The summed E-state index contributed by atoms with van der Waals surface area (Å²) in [6.07, 6.45) is 0.129. The zero-order chi connectivity index (χ0) is 14.4. The first kappa shape index (κ1) is 15.0. The van der Waals surface area contributed by atoms with Crippen molar-refractivity contribution >= 4 is 23.3 Å². The fourth-order valence-electron chi connectivity index (χ4n) is 2.03. The van der Waals surface area contributed by atoms with Gasteiger partial charge in [0, 0.05) is 18.0 Å². The Morgan fingerprint density at radius 1 is 1.55 bits per heavy atom. The Labute approximate surface area is 122 Å². The van der Waals surface area contributed by atoms with Gasteiger partial charge in [0.05, 0.1) is 25.8 Å². The van der Waals surface area contributed by atoms with Crippen molar-refractivity contribution in [3.63, 3.8) is 0 Å². The van der Waals surface area contributed by atoms with Crippen molar-refractivity contribution in [2.45, 2.75) is 19.6 Å². The molecule has 0 spiro atoms. The maximum Gasteiger partial charge on any atom is 0.321 e. The first-order chi connectivity index (χ1) is 9.63. The van der Waals surface area contributed by atoms with Crippen molar-refractivity contribution in [1.29, 1.82) is 0 Å². The van der Waals surface area contributed by atoms with Crippen LogP contribution < -0.4 is 10.6 Å². The largest absolute Gasteiger partial charge is 0.376 e. The molecule has 20 heavy (non-hydrogen) atoms. The molecule has 1 aromatic heterocycles. The van der Waals surface area contributed by atoms with Gasteiger partial charge in [-0.05, 0) is 18.4 Å². The average molecular weight is 297 g/mol. The standard InChI is InChI=1S/C13H19N3O3S/c1-10-8-16(4-5-19-10)9-12(17)15-13(18)14-7-11-3-2-6-20-11/h2-3,6,10H,4-5,7-9H2,1H3,(H2,14,15,17,18)/t10-/m1/s1. The molecule has 3 amide bonds. The summed E-state index contributed by atoms with van der Waals surface area (Å²) in [5, 5.41) is 6.94. The minimum Gasteiger partial charge on any atom is -0.376 e. The second-order valence-corrected chi connectivity index (χ2v) is 5.76. The van der Waals surface area contributed by atoms with Crippen molar-refractivity contribution in [2.24, 2.45) is 0 Å². The highest BCUT2D eigenvalue weighted by molar-refractivity contribution is 7.09. The molecular weight excluding hydrogens is 278 g/mol. The molecule has 1 atom stereocenters. The van der Waals surface area contributed by atoms with Crippen LogP contribution in [-0.4, -0.2) is 49.2 Å². The molecule has 110 valence electrons. The molecule has 1 aliphatic rings. The summed E-state index contributed by atoms with van der Waals surface area (Å²) in [6.45, 7) is 4.68. The average Bonchev–Trinajstić information content (AvgIpc) is 2.89. The van der Waals surface area contributed by atoms with Gasteiger partial charge < -0.3 is 10.1 Å². The smallest absolute Gasteiger partial charge is 0.321 e. The van der Waals surface area contributed by atoms with Crippen LogP contribution >= 0.6 is 11.3 Å². The summed E-state index contributed by atoms with van der Waals surface area (Å²) in [4.78, 5) is 26.3. The van der Waals surface area contributed by atoms with Crippen LogP contribution in [0.1, 0.15) is 11.8 Å². The monoisotopic (exact) mass is 297 g/mol. The lowest BCUT2D eigenvalue weighted by molar-refractivity contribution is -0.122. The van der Waals surface area contributed by atoms with Crippen LogP contribution in [0.3, 0.4) is 0 Å². The van der Waals surface area contributed by atoms with E-state index in [0.717, 1.165) is 4.88 Å². The number of urea groups is 1. The van der Waals surface area contributed by atoms with Crippen LogP contribution in [0.5, 0.6) is 0 Å². The van der Waals surface area contributed by atoms with Crippen LogP contribution in [0.15, 0.2) is 17.5 Å². The molecule has 2 heterocycles. The molecule has 2 rings (SSSR count). The molecule has 1 fully saturated rings. The number of hydrogen-bond acceptors (Lipinski definition) is 5. The van der Waals surface area contributed by atoms with Crippen molar-refractivity contribution in [2.75, 3.05) is 26.2 Å². The third-order valence-corrected chi connectivity index (χ3v) is 3.83. The lowest BCUT2D eigenvalue weighted by atomic mass is 10.3. The van der Waals surface area contributed by atoms with E-state index in [-0.39, 0.29) is 18.6 Å². The quantitative estimate of drug-likeness (QED) is 0.862. The van der Waals surface area contributed by atoms with Crippen molar-refractivity contribution in [1.82, 2.24) is 15.5 Å². The first-order valence-corrected chi connectivity index (χ1v) is 7.45. The minimum absolute atomic E-state index is 0.129. The van der Waals surface area contributed by atoms with Gasteiger partial charge in [-0.25, -0.2) is 4.79 Å². The number of rotatable bonds is 4. The van der Waals surface area contributed by atoms with Gasteiger partial charge in [-0.15, -0.1) is 11.3 Å². The number of nitrogens with one attached hydrogen (secondary N) is 2. The summed E-state index contributed by atoms with van der Waals surface area (Å²) in [7, 11) is 0. The van der Waals surface area contributed by atoms with E-state index in [0.29, 0.717) is 26.2 Å². The van der Waals surface area contributed by atoms with Gasteiger partial charge in [0.2, 0.25) is 5.91 Å². The lowest BCUT2D eigenvalue weighted by Gasteiger charge is -2.30. The molecule has 1 aromatic rings. The van der Waals surface area contributed by atoms with Crippen LogP contribution in [0.4, 0.5) is 4.79 Å². The van der Waals surface area contributed by atoms with E-state index in [4.69, 9.17) is 4.74 Å². The molecule has 7 heteroatoms. The third-order valence-electron chi connectivity index (χ3n) is 2.95. The van der Waals surface area contributed by atoms with Gasteiger partial charge in [0.15, 0.2) is 0 Å². The van der Waals surface area contributed by atoms with Crippen LogP contribution in [-0.2, 0) is 16.1 Å². The van der Waals surface area contributed by atoms with Gasteiger partial charge in [0.25, 0.3) is 0 Å². The van der Waals surface area contributed by atoms with Crippen molar-refractivity contribution in [3.05, 3.63) is 22.4 Å². The number of thiophene rings is 1. The summed E-state index contributed by atoms with van der Waals surface area (Å²) in [6, 6.07) is 3.40. The fourth-order valence-corrected chi connectivity index (χ4v) is 2.67. The topological polar surface area (TPSA) is 70.7 Å². The molecule has 6 nitrogen and oxygen atoms in total. The molecule has 0 unspecified atom stereocenters. The Balaban J connectivity index is 1.67. The van der Waals surface area contributed by atoms with Gasteiger partial charge in [0.1, 0.15) is 0 Å². The van der Waals surface area contributed by atoms with E-state index >= 15 is 0 Å². The molecule has 1 saturated heterocycles. The molecule has 0 bridgehead atoms. The second kappa shape index (κ2) is 7.37. The maximum absolute atomic E-state index is 11.7. The predicted molar refractivity (Wildman–Crippen MR) is 76.6 cm³/mol. The molecular formula is C13H19N3O3S. The molecule has 1 aliphatic heterocycles. The highest BCUT2D eigenvalue weighted by Crippen LogP contribution is 2.07. The number of carbonyl (C=O) groups excluding carboxylic acids is 2. The number of hydrogen-bond donors (Lipinski definition) is 2. The Bertz CT molecular complexity index is 450. The SMILES string of the molecule is C[C@@H]1CN(CC(=O)NC(=O)NCc2cccs2)CCO1. The predicted octanol–water partition coefficient (Wildman–Crippen LogP) is 0.795. The second-order valence-electron chi connectivity index (χ2n) is 4.73. The summed E-state index contributed by atoms with van der Waals surface area (Å²) in [5.74, 6) is -0.289. The third kappa shape index (κ3) is 4.92. The minimum atomic E-state index is -0.454. The summed E-state index contributed by atoms with van der Waals surface area (Å²) in [5.41, 5.74) is 0. The number of morpholine rings is 1. The zero-order valence-corrected chi connectivity index (χ0v) is 12.2. The van der Waals surface area contributed by atoms with Gasteiger partial charge in [-0.1, -0.05) is 6.07 Å². The van der Waals surface area contributed by atoms with Crippen LogP contribution in [0.25, 0.3) is 0 Å². The van der Waals surface area contributed by atoms with E-state index in [1.807, 2.05) is 29.3 Å². The zero-order valence-electron chi connectivity index (χ0n) is 11.4. The molecule has 0 saturated carbocycles. The normalized spacial score (nSPS) is 19.6. The Morgan fingerprint density at radius 3 is 3.10 bits per heavy atom. The fraction of sp³-hybridized carbons (Fsp3) is 0.538. The Morgan fingerprint density at radius 2 is 2.40 bits per heavy atom. The Kier molecular flexibility index (Phi) is 5.51. The van der Waals surface area contributed by atoms with E-state index in [1.54, 1.807) is 11.3 Å². The molecule has 2 N–H and O–H groups in total. The summed E-state index contributed by atoms with van der Waals surface area (Å²) < 4.78 is 5.40.